The van der Waals surface area contributed by atoms with Crippen LogP contribution in [0.4, 0.5) is 5.13 Å². The minimum atomic E-state index is -0.920. The van der Waals surface area contributed by atoms with Gasteiger partial charge >= 0.3 is 5.97 Å². The Morgan fingerprint density at radius 1 is 1.71 bits per heavy atom. The number of anilines is 1. The molecule has 0 amide bonds. The summed E-state index contributed by atoms with van der Waals surface area (Å²) in [5.41, 5.74) is 0. The molecule has 2 rings (SSSR count). The number of carboxylic acids is 1. The van der Waals surface area contributed by atoms with Crippen molar-refractivity contribution in [2.45, 2.75) is 25.4 Å². The van der Waals surface area contributed by atoms with E-state index in [1.165, 1.54) is 24.0 Å². The molecule has 1 atom stereocenters. The van der Waals surface area contributed by atoms with Gasteiger partial charge in [-0.05, 0) is 19.3 Å². The molecule has 5 nitrogen and oxygen atoms in total. The Labute approximate surface area is 104 Å². The van der Waals surface area contributed by atoms with Crippen LogP contribution in [0.2, 0.25) is 0 Å². The Bertz CT molecular complexity index is 388. The van der Waals surface area contributed by atoms with E-state index in [4.69, 9.17) is 9.84 Å². The number of hydrogen-bond acceptors (Lipinski definition) is 5. The summed E-state index contributed by atoms with van der Waals surface area (Å²) in [6.45, 7) is 1.60. The SMILES string of the molecule is CN(CC1CCCCO1)c1ncc(C(=O)O)s1. The third kappa shape index (κ3) is 3.17. The lowest BCUT2D eigenvalue weighted by Crippen LogP contribution is -2.33. The lowest BCUT2D eigenvalue weighted by molar-refractivity contribution is 0.0216. The molecular weight excluding hydrogens is 240 g/mol. The zero-order valence-electron chi connectivity index (χ0n) is 9.76. The van der Waals surface area contributed by atoms with E-state index < -0.39 is 5.97 Å². The van der Waals surface area contributed by atoms with E-state index in [-0.39, 0.29) is 11.0 Å². The first-order chi connectivity index (χ1) is 8.16. The van der Waals surface area contributed by atoms with Crippen molar-refractivity contribution in [3.05, 3.63) is 11.1 Å². The summed E-state index contributed by atoms with van der Waals surface area (Å²) in [7, 11) is 1.92. The number of ether oxygens (including phenoxy) is 1. The van der Waals surface area contributed by atoms with Crippen LogP contribution in [0.1, 0.15) is 28.9 Å². The van der Waals surface area contributed by atoms with Gasteiger partial charge in [0.15, 0.2) is 5.13 Å². The van der Waals surface area contributed by atoms with E-state index in [2.05, 4.69) is 4.98 Å². The first-order valence-electron chi connectivity index (χ1n) is 5.68. The maximum absolute atomic E-state index is 10.8. The van der Waals surface area contributed by atoms with Gasteiger partial charge in [0.25, 0.3) is 0 Å². The van der Waals surface area contributed by atoms with E-state index in [1.807, 2.05) is 11.9 Å². The molecule has 1 saturated heterocycles. The maximum Gasteiger partial charge on any atom is 0.347 e. The molecule has 1 aliphatic heterocycles. The number of aromatic nitrogens is 1. The van der Waals surface area contributed by atoms with E-state index in [9.17, 15) is 4.79 Å². The molecule has 0 radical (unpaired) electrons. The van der Waals surface area contributed by atoms with Crippen LogP contribution in [0.25, 0.3) is 0 Å². The van der Waals surface area contributed by atoms with Gasteiger partial charge in [0.05, 0.1) is 12.3 Å². The third-order valence-corrected chi connectivity index (χ3v) is 3.88. The second kappa shape index (κ2) is 5.46. The van der Waals surface area contributed by atoms with Crippen molar-refractivity contribution in [1.82, 2.24) is 4.98 Å². The molecule has 0 spiro atoms. The van der Waals surface area contributed by atoms with Gasteiger partial charge in [0, 0.05) is 20.2 Å². The van der Waals surface area contributed by atoms with Crippen molar-refractivity contribution < 1.29 is 14.6 Å². The smallest absolute Gasteiger partial charge is 0.347 e. The summed E-state index contributed by atoms with van der Waals surface area (Å²) in [5.74, 6) is -0.920. The molecule has 0 saturated carbocycles. The van der Waals surface area contributed by atoms with Gasteiger partial charge in [-0.25, -0.2) is 9.78 Å². The summed E-state index contributed by atoms with van der Waals surface area (Å²) in [5, 5.41) is 9.56. The monoisotopic (exact) mass is 256 g/mol. The number of rotatable bonds is 4. The normalized spacial score (nSPS) is 20.2. The van der Waals surface area contributed by atoms with E-state index in [1.54, 1.807) is 0 Å². The first kappa shape index (κ1) is 12.3. The maximum atomic E-state index is 10.8. The second-order valence-corrected chi connectivity index (χ2v) is 5.19. The Balaban J connectivity index is 1.93. The van der Waals surface area contributed by atoms with E-state index >= 15 is 0 Å². The summed E-state index contributed by atoms with van der Waals surface area (Å²) in [4.78, 5) is 17.1. The van der Waals surface area contributed by atoms with E-state index in [0.717, 1.165) is 31.1 Å². The Morgan fingerprint density at radius 3 is 3.12 bits per heavy atom. The van der Waals surface area contributed by atoms with Crippen LogP contribution in [0, 0.1) is 0 Å². The number of carbonyl (C=O) groups is 1. The van der Waals surface area contributed by atoms with Crippen LogP contribution < -0.4 is 4.90 Å². The molecule has 1 aromatic heterocycles. The van der Waals surface area contributed by atoms with Crippen molar-refractivity contribution in [3.63, 3.8) is 0 Å². The summed E-state index contributed by atoms with van der Waals surface area (Å²) in [6, 6.07) is 0. The molecule has 17 heavy (non-hydrogen) atoms. The second-order valence-electron chi connectivity index (χ2n) is 4.18. The summed E-state index contributed by atoms with van der Waals surface area (Å²) < 4.78 is 5.64. The fraction of sp³-hybridized carbons (Fsp3) is 0.636. The fourth-order valence-corrected chi connectivity index (χ4v) is 2.60. The average molecular weight is 256 g/mol. The van der Waals surface area contributed by atoms with Crippen LogP contribution in [-0.4, -0.2) is 42.4 Å². The Hall–Kier alpha value is -1.14. The average Bonchev–Trinajstić information content (AvgIpc) is 2.79. The minimum Gasteiger partial charge on any atom is -0.477 e. The van der Waals surface area contributed by atoms with Gasteiger partial charge < -0.3 is 14.7 Å². The summed E-state index contributed by atoms with van der Waals surface area (Å²) >= 11 is 1.20. The molecule has 0 aliphatic carbocycles. The van der Waals surface area contributed by atoms with Crippen molar-refractivity contribution in [3.8, 4) is 0 Å². The zero-order chi connectivity index (χ0) is 12.3. The summed E-state index contributed by atoms with van der Waals surface area (Å²) in [6.07, 6.45) is 5.06. The quantitative estimate of drug-likeness (QED) is 0.890. The number of likely N-dealkylation sites (N-methyl/N-ethyl adjacent to an activating group) is 1. The van der Waals surface area contributed by atoms with Crippen LogP contribution in [0.15, 0.2) is 6.20 Å². The lowest BCUT2D eigenvalue weighted by atomic mass is 10.1. The van der Waals surface area contributed by atoms with Gasteiger partial charge in [-0.2, -0.15) is 0 Å². The van der Waals surface area contributed by atoms with Crippen LogP contribution >= 0.6 is 11.3 Å². The molecule has 1 N–H and O–H groups in total. The van der Waals surface area contributed by atoms with Gasteiger partial charge in [-0.15, -0.1) is 0 Å². The standard InChI is InChI=1S/C11H16N2O3S/c1-13(7-8-4-2-3-5-16-8)11-12-6-9(17-11)10(14)15/h6,8H,2-5,7H2,1H3,(H,14,15). The topological polar surface area (TPSA) is 62.7 Å². The molecule has 1 fully saturated rings. The highest BCUT2D eigenvalue weighted by molar-refractivity contribution is 7.17. The van der Waals surface area contributed by atoms with Crippen LogP contribution in [0.3, 0.4) is 0 Å². The molecule has 94 valence electrons. The predicted octanol–water partition coefficient (Wildman–Crippen LogP) is 1.85. The highest BCUT2D eigenvalue weighted by Gasteiger charge is 2.18. The van der Waals surface area contributed by atoms with Crippen molar-refractivity contribution in [2.75, 3.05) is 25.1 Å². The number of aromatic carboxylic acids is 1. The van der Waals surface area contributed by atoms with Crippen LogP contribution in [0.5, 0.6) is 0 Å². The number of carboxylic acid groups (broad SMARTS) is 1. The molecule has 1 unspecified atom stereocenters. The molecule has 0 bridgehead atoms. The van der Waals surface area contributed by atoms with Gasteiger partial charge in [0.2, 0.25) is 0 Å². The molecule has 0 aromatic carbocycles. The molecule has 1 aliphatic rings. The largest absolute Gasteiger partial charge is 0.477 e. The van der Waals surface area contributed by atoms with Crippen LogP contribution in [-0.2, 0) is 4.74 Å². The minimum absolute atomic E-state index is 0.242. The first-order valence-corrected chi connectivity index (χ1v) is 6.50. The number of hydrogen-bond donors (Lipinski definition) is 1. The zero-order valence-corrected chi connectivity index (χ0v) is 10.6. The van der Waals surface area contributed by atoms with Gasteiger partial charge in [0.1, 0.15) is 4.88 Å². The van der Waals surface area contributed by atoms with Crippen molar-refractivity contribution in [2.24, 2.45) is 0 Å². The van der Waals surface area contributed by atoms with E-state index in [0.29, 0.717) is 0 Å². The highest BCUT2D eigenvalue weighted by atomic mass is 32.1. The predicted molar refractivity (Wildman–Crippen MR) is 65.9 cm³/mol. The molecule has 1 aromatic rings. The Kier molecular flexibility index (Phi) is 3.96. The molecular formula is C11H16N2O3S. The Morgan fingerprint density at radius 2 is 2.53 bits per heavy atom. The van der Waals surface area contributed by atoms with Crippen molar-refractivity contribution >= 4 is 22.4 Å². The highest BCUT2D eigenvalue weighted by Crippen LogP contribution is 2.23. The lowest BCUT2D eigenvalue weighted by Gasteiger charge is -2.27. The molecule has 2 heterocycles. The van der Waals surface area contributed by atoms with Crippen molar-refractivity contribution in [1.29, 1.82) is 0 Å². The fourth-order valence-electron chi connectivity index (χ4n) is 1.88. The molecule has 6 heteroatoms. The third-order valence-electron chi connectivity index (χ3n) is 2.78. The number of thiazole rings is 1. The van der Waals surface area contributed by atoms with Gasteiger partial charge in [-0.1, -0.05) is 11.3 Å². The number of nitrogens with zero attached hydrogens (tertiary/aromatic N) is 2. The van der Waals surface area contributed by atoms with Gasteiger partial charge in [-0.3, -0.25) is 0 Å².